The Morgan fingerprint density at radius 3 is 2.21 bits per heavy atom. The molecule has 2 unspecified atom stereocenters. The van der Waals surface area contributed by atoms with Gasteiger partial charge in [0.25, 0.3) is 0 Å². The number of nitrogens with two attached hydrogens (primary N) is 2. The van der Waals surface area contributed by atoms with Crippen molar-refractivity contribution in [3.63, 3.8) is 0 Å². The van der Waals surface area contributed by atoms with Crippen LogP contribution in [0.25, 0.3) is 21.3 Å². The van der Waals surface area contributed by atoms with Crippen molar-refractivity contribution in [1.29, 1.82) is 0 Å². The molecule has 5 aliphatic heterocycles. The van der Waals surface area contributed by atoms with E-state index >= 15 is 9.35 Å². The summed E-state index contributed by atoms with van der Waals surface area (Å²) in [6.45, 7) is 5.30. The Morgan fingerprint density at radius 2 is 1.51 bits per heavy atom. The monoisotopic (exact) mass is 1570 g/mol. The fourth-order valence-electron chi connectivity index (χ4n) is 13.2. The molecule has 111 heavy (non-hydrogen) atoms. The summed E-state index contributed by atoms with van der Waals surface area (Å²) in [5.41, 5.74) is 18.2. The molecule has 0 spiro atoms. The fraction of sp³-hybridized carbons (Fsp3) is 0.606. The van der Waals surface area contributed by atoms with Crippen LogP contribution in [0.3, 0.4) is 0 Å². The Balaban J connectivity index is 1.07. The number of ketones is 1. The number of primary amides is 2. The Morgan fingerprint density at radius 1 is 0.802 bits per heavy atom. The van der Waals surface area contributed by atoms with E-state index in [-0.39, 0.29) is 97.3 Å². The fourth-order valence-corrected chi connectivity index (χ4v) is 14.6. The minimum atomic E-state index is -2.45. The number of nitrogens with zero attached hydrogens (tertiary/aromatic N) is 4. The molecule has 1 fully saturated rings. The van der Waals surface area contributed by atoms with Gasteiger partial charge in [-0.05, 0) is 79.7 Å². The van der Waals surface area contributed by atoms with Gasteiger partial charge in [-0.2, -0.15) is 0 Å². The number of amides is 14. The highest BCUT2D eigenvalue weighted by Gasteiger charge is 2.49. The van der Waals surface area contributed by atoms with E-state index in [0.717, 1.165) is 4.90 Å². The molecule has 0 saturated carbocycles. The first-order valence-electron chi connectivity index (χ1n) is 37.1. The second kappa shape index (κ2) is 42.3. The zero-order valence-corrected chi connectivity index (χ0v) is 63.5. The van der Waals surface area contributed by atoms with E-state index in [1.54, 1.807) is 52.0 Å². The van der Waals surface area contributed by atoms with E-state index < -0.39 is 218 Å². The number of carbonyl (C=O) groups excluding carboxylic acids is 14. The molecular weight excluding hydrogens is 1470 g/mol. The zero-order valence-electron chi connectivity index (χ0n) is 62.7. The maximum absolute atomic E-state index is 15.5. The minimum absolute atomic E-state index is 0.0818. The van der Waals surface area contributed by atoms with Gasteiger partial charge in [0.15, 0.2) is 6.04 Å². The number of hydrogen-bond donors (Lipinski definition) is 18. The highest BCUT2D eigenvalue weighted by Crippen LogP contribution is 2.36. The molecule has 40 heteroatoms. The summed E-state index contributed by atoms with van der Waals surface area (Å²) in [6, 6.07) is -2.26. The van der Waals surface area contributed by atoms with Crippen molar-refractivity contribution >= 4 is 111 Å². The summed E-state index contributed by atoms with van der Waals surface area (Å²) in [5.74, 6) is -14.1. The molecule has 0 aliphatic carbocycles. The number of aliphatic hydroxyl groups is 3. The molecule has 608 valence electrons. The third kappa shape index (κ3) is 24.9. The maximum Gasteiger partial charge on any atom is 0.407 e. The number of aliphatic hydroxyl groups excluding tert-OH is 3. The van der Waals surface area contributed by atoms with Crippen LogP contribution in [0.5, 0.6) is 0 Å². The number of Topliss-reactive ketones (excluding diaryl/α,β-unsaturated/α-hetero) is 1. The smallest absolute Gasteiger partial charge is 0.407 e. The lowest BCUT2D eigenvalue weighted by Gasteiger charge is -2.39. The Hall–Kier alpha value is -10.2. The van der Waals surface area contributed by atoms with Gasteiger partial charge in [0.1, 0.15) is 48.6 Å². The summed E-state index contributed by atoms with van der Waals surface area (Å²) < 4.78 is 27.4. The molecule has 8 rings (SSSR count). The second-order valence-electron chi connectivity index (χ2n) is 28.4. The van der Waals surface area contributed by atoms with Gasteiger partial charge >= 0.3 is 12.1 Å². The number of urea groups is 1. The molecule has 8 bridgehead atoms. The van der Waals surface area contributed by atoms with Crippen molar-refractivity contribution < 1.29 is 96.5 Å². The van der Waals surface area contributed by atoms with Crippen molar-refractivity contribution in [2.24, 2.45) is 34.3 Å². The van der Waals surface area contributed by atoms with Crippen LogP contribution in [0.15, 0.2) is 52.6 Å². The molecule has 20 N–H and O–H groups in total. The first kappa shape index (κ1) is 88.0. The van der Waals surface area contributed by atoms with Crippen LogP contribution in [0.4, 0.5) is 15.3 Å². The molecule has 5 aliphatic rings. The number of alkyl carbamates (subject to hydrolysis) is 1. The molecule has 0 radical (unpaired) electrons. The summed E-state index contributed by atoms with van der Waals surface area (Å²) in [6.07, 6.45) is -1.56. The highest BCUT2D eigenvalue weighted by molar-refractivity contribution is 7.91. The third-order valence-electron chi connectivity index (χ3n) is 19.7. The first-order chi connectivity index (χ1) is 52.9. The number of unbranched alkanes of at least 4 members (excludes halogenated alkanes) is 5. The molecule has 1 saturated heterocycles. The number of rotatable bonds is 33. The number of nitrogens with one attached hydrogen (secondary N) is 13. The average Bonchev–Trinajstić information content (AvgIpc) is 1.65. The van der Waals surface area contributed by atoms with Gasteiger partial charge in [-0.3, -0.25) is 62.9 Å². The summed E-state index contributed by atoms with van der Waals surface area (Å²) in [4.78, 5) is 202. The van der Waals surface area contributed by atoms with Gasteiger partial charge in [-0.25, -0.2) is 9.59 Å². The highest BCUT2D eigenvalue weighted by atomic mass is 32.2. The lowest BCUT2D eigenvalue weighted by Crippen LogP contribution is -2.63. The topological polar surface area (TPSA) is 605 Å². The second-order valence-corrected chi connectivity index (χ2v) is 29.8. The van der Waals surface area contributed by atoms with Crippen LogP contribution in [0.2, 0.25) is 0 Å². The molecular formula is C71H103N19O20S. The van der Waals surface area contributed by atoms with E-state index in [9.17, 15) is 77.6 Å². The van der Waals surface area contributed by atoms with E-state index in [0.29, 0.717) is 56.3 Å². The molecule has 6 heterocycles. The molecule has 14 atom stereocenters. The Kier molecular flexibility index (Phi) is 33.5. The van der Waals surface area contributed by atoms with Crippen molar-refractivity contribution in [3.8, 4) is 0 Å². The van der Waals surface area contributed by atoms with Gasteiger partial charge < -0.3 is 109 Å². The normalized spacial score (nSPS) is 23.3. The number of ether oxygens (including phenoxy) is 2. The number of carbonyl (C=O) groups is 14. The Bertz CT molecular complexity index is 3900. The van der Waals surface area contributed by atoms with Crippen LogP contribution in [0, 0.1) is 17.8 Å². The number of aromatic nitrogens is 1. The summed E-state index contributed by atoms with van der Waals surface area (Å²) in [5, 5.41) is 67.3. The van der Waals surface area contributed by atoms with E-state index in [4.69, 9.17) is 26.5 Å². The van der Waals surface area contributed by atoms with Crippen LogP contribution < -0.4 is 75.3 Å². The van der Waals surface area contributed by atoms with Gasteiger partial charge in [0, 0.05) is 96.3 Å². The van der Waals surface area contributed by atoms with E-state index in [1.165, 1.54) is 25.1 Å². The van der Waals surface area contributed by atoms with Gasteiger partial charge in [-0.15, -0.1) is 0 Å². The van der Waals surface area contributed by atoms with Crippen molar-refractivity contribution in [1.82, 2.24) is 68.4 Å². The summed E-state index contributed by atoms with van der Waals surface area (Å²) >= 11 is -2.45. The van der Waals surface area contributed by atoms with E-state index in [2.05, 4.69) is 78.8 Å². The molecule has 14 amide bonds. The van der Waals surface area contributed by atoms with Gasteiger partial charge in [0.05, 0.1) is 49.9 Å². The van der Waals surface area contributed by atoms with Crippen LogP contribution in [-0.2, 0) is 96.9 Å². The van der Waals surface area contributed by atoms with E-state index in [1.807, 2.05) is 0 Å². The number of H-pyrrole nitrogens is 1. The van der Waals surface area contributed by atoms with Gasteiger partial charge in [0.2, 0.25) is 81.5 Å². The molecule has 1 aromatic heterocycles. The Labute approximate surface area is 642 Å². The first-order valence-corrected chi connectivity index (χ1v) is 38.4. The lowest BCUT2D eigenvalue weighted by molar-refractivity contribution is -0.157. The minimum Gasteiger partial charge on any atom is -0.610 e. The summed E-state index contributed by atoms with van der Waals surface area (Å²) in [7, 11) is 0. The number of fused-ring (bicyclic) bond motifs is 7. The maximum atomic E-state index is 15.5. The van der Waals surface area contributed by atoms with Crippen molar-refractivity contribution in [2.45, 2.75) is 202 Å². The average molecular weight is 1570 g/mol. The number of aromatic amines is 1. The standard InChI is InChI=1S/C71H103N19O20S/c1-6-38(4)58-64(102)78-32-56(97)81-50-36-111(108)67-45-29-48(83-66(104)59(39(5)52(93)34-91)87-63(101)51-28-43(92)33-90(51)68(105)49(30-54(72)95)84-62(50)100)60(98)77-31-53(94)71(88-58,41-19-22-44(45)47(27-41)85-67)110-26-13-8-7-11-23-76-70(107)109-35-40-17-20-42(21-18-40)80-61(99)46(15-14-24-75-69(73)106)82-65(103)57(37(2)3)86-55(96)16-10-9-12-25-79-89-74/h17-22,27,37-39,43,46,48-52,57-59,85,88,91-93H,6-16,23-26,28-36H2,1-5H3,(H2,72,95)(H,76,107)(H,77,98)(H,78,102)(H,80,99)(H,81,97)(H,82,103)(H,83,104)(H,84,100)(H,86,96)(H,87,101)(H3,73,75,106)/t38-,39+,43-,46-,48-,49+,50-,51+,52-,57-,58+,59+,71?,111?/m1/s1. The number of azide groups is 1. The number of hydrogen-bond acceptors (Lipinski definition) is 22. The number of benzene rings is 2. The van der Waals surface area contributed by atoms with Gasteiger partial charge in [-0.1, -0.05) is 89.7 Å². The third-order valence-corrected chi connectivity index (χ3v) is 21.2. The van der Waals surface area contributed by atoms with Crippen LogP contribution in [-0.4, -0.2) is 231 Å². The van der Waals surface area contributed by atoms with Crippen LogP contribution >= 0.6 is 0 Å². The molecule has 2 aromatic carbocycles. The molecule has 3 aromatic rings. The van der Waals surface area contributed by atoms with Crippen LogP contribution in [0.1, 0.15) is 135 Å². The molecule has 39 nitrogen and oxygen atoms in total. The predicted octanol–water partition coefficient (Wildman–Crippen LogP) is -2.03. The SMILES string of the molecule is CC[C@@H](C)[C@@H]1NC2(OCCCCCCNC(=O)OCc3ccc(NC(=O)[C@@H](CCCNC(N)=O)NC(=O)[C@H](NC(=O)CCCCCN=[N+]=[N-])C(C)C)cc3)C(=O)CNC(=O)[C@H]3Cc4c([nH]c5cc2ccc45)[S+]([O-])C[C@@H](NC(=O)CNC1=O)C(=O)N[C@@H](CC(N)=O)C(=O)N1C[C@H](O)C[C@H]1C(=O)N[C@@H]([C@@H](C)[C@H](O)CO)C(=O)N3. The zero-order chi connectivity index (χ0) is 81.2. The largest absolute Gasteiger partial charge is 0.610 e. The predicted molar refractivity (Wildman–Crippen MR) is 398 cm³/mol. The van der Waals surface area contributed by atoms with Crippen molar-refractivity contribution in [3.05, 3.63) is 69.6 Å². The lowest BCUT2D eigenvalue weighted by atomic mass is 9.90. The van der Waals surface area contributed by atoms with Crippen molar-refractivity contribution in [2.75, 3.05) is 63.6 Å². The number of anilines is 1. The quantitative estimate of drug-likeness (QED) is 0.0103.